The highest BCUT2D eigenvalue weighted by atomic mass is 79.9. The molecule has 0 bridgehead atoms. The minimum Gasteiger partial charge on any atom is -0.497 e. The Morgan fingerprint density at radius 2 is 1.88 bits per heavy atom. The fourth-order valence-corrected chi connectivity index (χ4v) is 3.74. The van der Waals surface area contributed by atoms with Crippen molar-refractivity contribution in [1.29, 1.82) is 0 Å². The number of nitrogens with one attached hydrogen (secondary N) is 1. The minimum absolute atomic E-state index is 0.0580. The van der Waals surface area contributed by atoms with Gasteiger partial charge in [-0.2, -0.15) is 0 Å². The lowest BCUT2D eigenvalue weighted by Crippen LogP contribution is -2.48. The Labute approximate surface area is 160 Å². The summed E-state index contributed by atoms with van der Waals surface area (Å²) in [7, 11) is 1.68. The summed E-state index contributed by atoms with van der Waals surface area (Å²) < 4.78 is 6.31. The predicted molar refractivity (Wildman–Crippen MR) is 107 cm³/mol. The average Bonchev–Trinajstić information content (AvgIpc) is 3.10. The van der Waals surface area contributed by atoms with E-state index in [1.807, 2.05) is 47.4 Å². The lowest BCUT2D eigenvalue weighted by molar-refractivity contribution is 0.0742. The van der Waals surface area contributed by atoms with Gasteiger partial charge >= 0.3 is 0 Å². The number of aromatic amines is 1. The molecule has 2 aromatic carbocycles. The van der Waals surface area contributed by atoms with E-state index in [1.165, 1.54) is 0 Å². The molecule has 1 aliphatic rings. The van der Waals surface area contributed by atoms with Crippen LogP contribution in [-0.2, 0) is 0 Å². The summed E-state index contributed by atoms with van der Waals surface area (Å²) in [6.07, 6.45) is 0. The number of piperazine rings is 1. The maximum absolute atomic E-state index is 12.8. The van der Waals surface area contributed by atoms with Gasteiger partial charge in [-0.05, 0) is 36.4 Å². The molecule has 0 atom stereocenters. The van der Waals surface area contributed by atoms with E-state index in [9.17, 15) is 4.79 Å². The van der Waals surface area contributed by atoms with E-state index in [0.717, 1.165) is 39.9 Å². The number of fused-ring (bicyclic) bond motifs is 1. The molecule has 2 heterocycles. The van der Waals surface area contributed by atoms with Crippen LogP contribution in [0.5, 0.6) is 5.75 Å². The lowest BCUT2D eigenvalue weighted by Gasteiger charge is -2.36. The molecule has 1 saturated heterocycles. The first-order valence-corrected chi connectivity index (χ1v) is 9.40. The Balaban J connectivity index is 1.45. The van der Waals surface area contributed by atoms with Gasteiger partial charge in [0.05, 0.1) is 7.11 Å². The summed E-state index contributed by atoms with van der Waals surface area (Å²) in [5.41, 5.74) is 2.76. The van der Waals surface area contributed by atoms with Gasteiger partial charge in [-0.15, -0.1) is 0 Å². The van der Waals surface area contributed by atoms with Gasteiger partial charge in [0.15, 0.2) is 0 Å². The second-order valence-corrected chi connectivity index (χ2v) is 7.31. The zero-order valence-electron chi connectivity index (χ0n) is 14.5. The summed E-state index contributed by atoms with van der Waals surface area (Å²) in [6.45, 7) is 3.03. The van der Waals surface area contributed by atoms with Crippen LogP contribution in [0.1, 0.15) is 10.5 Å². The Bertz CT molecular complexity index is 945. The van der Waals surface area contributed by atoms with E-state index in [2.05, 4.69) is 31.9 Å². The van der Waals surface area contributed by atoms with Gasteiger partial charge in [-0.25, -0.2) is 0 Å². The molecule has 26 heavy (non-hydrogen) atoms. The highest BCUT2D eigenvalue weighted by Gasteiger charge is 2.23. The standard InChI is InChI=1S/C20H20BrN3O2/c1-26-17-4-2-3-16(13-17)23-7-9-24(10-8-23)20(25)19-12-14-11-15(21)5-6-18(14)22-19/h2-6,11-13,22H,7-10H2,1H3. The Morgan fingerprint density at radius 3 is 2.65 bits per heavy atom. The number of carbonyl (C=O) groups excluding carboxylic acids is 1. The maximum Gasteiger partial charge on any atom is 0.270 e. The number of hydrogen-bond acceptors (Lipinski definition) is 3. The number of methoxy groups -OCH3 is 1. The number of carbonyl (C=O) groups is 1. The largest absolute Gasteiger partial charge is 0.497 e. The van der Waals surface area contributed by atoms with Crippen molar-refractivity contribution in [3.05, 3.63) is 58.7 Å². The van der Waals surface area contributed by atoms with Crippen molar-refractivity contribution in [2.24, 2.45) is 0 Å². The molecule has 0 aliphatic carbocycles. The second kappa shape index (κ2) is 7.03. The lowest BCUT2D eigenvalue weighted by atomic mass is 10.2. The topological polar surface area (TPSA) is 48.6 Å². The van der Waals surface area contributed by atoms with Gasteiger partial charge in [0.1, 0.15) is 11.4 Å². The van der Waals surface area contributed by atoms with E-state index < -0.39 is 0 Å². The number of halogens is 1. The summed E-state index contributed by atoms with van der Waals surface area (Å²) >= 11 is 3.47. The number of hydrogen-bond donors (Lipinski definition) is 1. The number of amides is 1. The molecule has 1 N–H and O–H groups in total. The molecule has 5 nitrogen and oxygen atoms in total. The molecular weight excluding hydrogens is 394 g/mol. The van der Waals surface area contributed by atoms with Crippen LogP contribution in [0.15, 0.2) is 53.0 Å². The third-order valence-electron chi connectivity index (χ3n) is 4.80. The van der Waals surface area contributed by atoms with Crippen LogP contribution < -0.4 is 9.64 Å². The van der Waals surface area contributed by atoms with Gasteiger partial charge in [0, 0.05) is 53.3 Å². The number of anilines is 1. The second-order valence-electron chi connectivity index (χ2n) is 6.40. The first kappa shape index (κ1) is 17.0. The minimum atomic E-state index is 0.0580. The van der Waals surface area contributed by atoms with Gasteiger partial charge in [0.25, 0.3) is 5.91 Å². The van der Waals surface area contributed by atoms with Crippen molar-refractivity contribution in [2.75, 3.05) is 38.2 Å². The fraction of sp³-hybridized carbons (Fsp3) is 0.250. The van der Waals surface area contributed by atoms with E-state index in [1.54, 1.807) is 7.11 Å². The van der Waals surface area contributed by atoms with Crippen molar-refractivity contribution in [3.8, 4) is 5.75 Å². The van der Waals surface area contributed by atoms with Crippen LogP contribution in [0.25, 0.3) is 10.9 Å². The molecule has 1 fully saturated rings. The first-order chi connectivity index (χ1) is 12.6. The zero-order valence-corrected chi connectivity index (χ0v) is 16.1. The number of nitrogens with zero attached hydrogens (tertiary/aromatic N) is 2. The third kappa shape index (κ3) is 3.29. The Kier molecular flexibility index (Phi) is 4.59. The van der Waals surface area contributed by atoms with Crippen LogP contribution in [0.3, 0.4) is 0 Å². The molecule has 134 valence electrons. The van der Waals surface area contributed by atoms with Crippen LogP contribution in [-0.4, -0.2) is 49.1 Å². The van der Waals surface area contributed by atoms with Crippen LogP contribution in [0.2, 0.25) is 0 Å². The Hall–Kier alpha value is -2.47. The number of ether oxygens (including phenoxy) is 1. The van der Waals surface area contributed by atoms with E-state index in [4.69, 9.17) is 4.74 Å². The molecule has 0 spiro atoms. The Morgan fingerprint density at radius 1 is 1.08 bits per heavy atom. The van der Waals surface area contributed by atoms with E-state index in [0.29, 0.717) is 18.8 Å². The van der Waals surface area contributed by atoms with Crippen molar-refractivity contribution < 1.29 is 9.53 Å². The van der Waals surface area contributed by atoms with Crippen molar-refractivity contribution in [3.63, 3.8) is 0 Å². The number of benzene rings is 2. The SMILES string of the molecule is COc1cccc(N2CCN(C(=O)c3cc4cc(Br)ccc4[nH]3)CC2)c1. The number of rotatable bonds is 3. The predicted octanol–water partition coefficient (Wildman–Crippen LogP) is 3.90. The van der Waals surface area contributed by atoms with Crippen LogP contribution >= 0.6 is 15.9 Å². The molecule has 4 rings (SSSR count). The van der Waals surface area contributed by atoms with Crippen molar-refractivity contribution >= 4 is 38.4 Å². The molecule has 0 saturated carbocycles. The summed E-state index contributed by atoms with van der Waals surface area (Å²) in [6, 6.07) is 15.9. The normalized spacial score (nSPS) is 14.7. The highest BCUT2D eigenvalue weighted by molar-refractivity contribution is 9.10. The average molecular weight is 414 g/mol. The molecule has 0 radical (unpaired) electrons. The quantitative estimate of drug-likeness (QED) is 0.707. The van der Waals surface area contributed by atoms with Gasteiger partial charge in [-0.3, -0.25) is 4.79 Å². The van der Waals surface area contributed by atoms with Crippen molar-refractivity contribution in [2.45, 2.75) is 0 Å². The van der Waals surface area contributed by atoms with Gasteiger partial charge < -0.3 is 19.5 Å². The molecule has 3 aromatic rings. The summed E-state index contributed by atoms with van der Waals surface area (Å²) in [5.74, 6) is 0.910. The van der Waals surface area contributed by atoms with E-state index in [-0.39, 0.29) is 5.91 Å². The molecule has 1 aliphatic heterocycles. The third-order valence-corrected chi connectivity index (χ3v) is 5.29. The summed E-state index contributed by atoms with van der Waals surface area (Å²) in [5, 5.41) is 1.04. The monoisotopic (exact) mass is 413 g/mol. The molecule has 1 aromatic heterocycles. The van der Waals surface area contributed by atoms with E-state index >= 15 is 0 Å². The van der Waals surface area contributed by atoms with Crippen LogP contribution in [0, 0.1) is 0 Å². The molecule has 0 unspecified atom stereocenters. The number of H-pyrrole nitrogens is 1. The fourth-order valence-electron chi connectivity index (χ4n) is 3.36. The molecule has 6 heteroatoms. The number of aromatic nitrogens is 1. The first-order valence-electron chi connectivity index (χ1n) is 8.60. The maximum atomic E-state index is 12.8. The molecule has 1 amide bonds. The molecular formula is C20H20BrN3O2. The summed E-state index contributed by atoms with van der Waals surface area (Å²) in [4.78, 5) is 20.3. The van der Waals surface area contributed by atoms with Crippen LogP contribution in [0.4, 0.5) is 5.69 Å². The zero-order chi connectivity index (χ0) is 18.1. The van der Waals surface area contributed by atoms with Crippen molar-refractivity contribution in [1.82, 2.24) is 9.88 Å². The highest BCUT2D eigenvalue weighted by Crippen LogP contribution is 2.24. The smallest absolute Gasteiger partial charge is 0.270 e. The van der Waals surface area contributed by atoms with Gasteiger partial charge in [0.2, 0.25) is 0 Å². The van der Waals surface area contributed by atoms with Gasteiger partial charge in [-0.1, -0.05) is 22.0 Å².